The zero-order chi connectivity index (χ0) is 13.0. The Morgan fingerprint density at radius 2 is 2.06 bits per heavy atom. The number of nitrogens with one attached hydrogen (secondary N) is 1. The molecule has 2 rings (SSSR count). The predicted octanol–water partition coefficient (Wildman–Crippen LogP) is 2.54. The highest BCUT2D eigenvalue weighted by atomic mass is 32.2. The summed E-state index contributed by atoms with van der Waals surface area (Å²) in [5.74, 6) is 0.547. The lowest BCUT2D eigenvalue weighted by molar-refractivity contribution is -0.115. The first-order valence-corrected chi connectivity index (χ1v) is 6.55. The second-order valence-electron chi connectivity index (χ2n) is 3.94. The van der Waals surface area contributed by atoms with Crippen LogP contribution in [0.25, 0.3) is 0 Å². The average molecular weight is 261 g/mol. The number of anilines is 1. The quantitative estimate of drug-likeness (QED) is 0.860. The molecule has 1 aromatic carbocycles. The van der Waals surface area contributed by atoms with Gasteiger partial charge in [-0.15, -0.1) is 11.8 Å². The van der Waals surface area contributed by atoms with Crippen molar-refractivity contribution in [2.75, 3.05) is 5.32 Å². The van der Waals surface area contributed by atoms with E-state index in [1.54, 1.807) is 16.9 Å². The van der Waals surface area contributed by atoms with E-state index >= 15 is 0 Å². The molecule has 0 fully saturated rings. The van der Waals surface area contributed by atoms with Crippen molar-refractivity contribution in [3.8, 4) is 0 Å². The predicted molar refractivity (Wildman–Crippen MR) is 73.6 cm³/mol. The number of hydrogen-bond donors (Lipinski definition) is 1. The molecule has 0 saturated heterocycles. The summed E-state index contributed by atoms with van der Waals surface area (Å²) in [6.07, 6.45) is 1.80. The highest BCUT2D eigenvalue weighted by molar-refractivity contribution is 8.00. The minimum atomic E-state index is -0.158. The molecule has 18 heavy (non-hydrogen) atoms. The van der Waals surface area contributed by atoms with Crippen molar-refractivity contribution in [3.63, 3.8) is 0 Å². The van der Waals surface area contributed by atoms with Gasteiger partial charge in [-0.05, 0) is 19.1 Å². The Balaban J connectivity index is 1.93. The van der Waals surface area contributed by atoms with Crippen LogP contribution in [0.4, 0.5) is 5.82 Å². The number of amides is 1. The van der Waals surface area contributed by atoms with Gasteiger partial charge in [0.2, 0.25) is 5.91 Å². The maximum absolute atomic E-state index is 11.9. The summed E-state index contributed by atoms with van der Waals surface area (Å²) in [5.41, 5.74) is 0. The van der Waals surface area contributed by atoms with E-state index in [2.05, 4.69) is 10.4 Å². The van der Waals surface area contributed by atoms with Crippen LogP contribution in [0.3, 0.4) is 0 Å². The monoisotopic (exact) mass is 261 g/mol. The molecule has 1 amide bonds. The molecule has 1 unspecified atom stereocenters. The molecule has 2 aromatic rings. The Bertz CT molecular complexity index is 524. The number of thioether (sulfide) groups is 1. The van der Waals surface area contributed by atoms with Crippen LogP contribution in [-0.2, 0) is 11.8 Å². The van der Waals surface area contributed by atoms with Crippen molar-refractivity contribution >= 4 is 23.5 Å². The molecule has 94 valence electrons. The van der Waals surface area contributed by atoms with Crippen LogP contribution in [0.2, 0.25) is 0 Å². The maximum Gasteiger partial charge on any atom is 0.238 e. The van der Waals surface area contributed by atoms with Gasteiger partial charge < -0.3 is 5.32 Å². The van der Waals surface area contributed by atoms with E-state index in [0.29, 0.717) is 5.82 Å². The zero-order valence-electron chi connectivity index (χ0n) is 10.3. The molecule has 1 heterocycles. The van der Waals surface area contributed by atoms with E-state index in [1.807, 2.05) is 44.3 Å². The molecule has 0 bridgehead atoms. The van der Waals surface area contributed by atoms with Gasteiger partial charge in [0.15, 0.2) is 5.82 Å². The maximum atomic E-state index is 11.9. The van der Waals surface area contributed by atoms with Gasteiger partial charge >= 0.3 is 0 Å². The Labute approximate surface area is 110 Å². The lowest BCUT2D eigenvalue weighted by atomic mass is 10.4. The largest absolute Gasteiger partial charge is 0.308 e. The SMILES string of the molecule is CC(Sc1ccccc1)C(=O)Nc1ccn(C)n1. The fourth-order valence-electron chi connectivity index (χ4n) is 1.47. The Morgan fingerprint density at radius 3 is 2.67 bits per heavy atom. The zero-order valence-corrected chi connectivity index (χ0v) is 11.1. The number of carbonyl (C=O) groups excluding carboxylic acids is 1. The van der Waals surface area contributed by atoms with Gasteiger partial charge in [-0.25, -0.2) is 0 Å². The number of rotatable bonds is 4. The first kappa shape index (κ1) is 12.7. The standard InChI is InChI=1S/C13H15N3OS/c1-10(18-11-6-4-3-5-7-11)13(17)14-12-8-9-16(2)15-12/h3-10H,1-2H3,(H,14,15,17). The van der Waals surface area contributed by atoms with Gasteiger partial charge in [-0.1, -0.05) is 18.2 Å². The minimum absolute atomic E-state index is 0.0393. The van der Waals surface area contributed by atoms with Gasteiger partial charge in [0.1, 0.15) is 0 Å². The van der Waals surface area contributed by atoms with E-state index < -0.39 is 0 Å². The summed E-state index contributed by atoms with van der Waals surface area (Å²) in [5, 5.41) is 6.75. The molecule has 4 nitrogen and oxygen atoms in total. The fourth-order valence-corrected chi connectivity index (χ4v) is 2.35. The summed E-state index contributed by atoms with van der Waals surface area (Å²) in [4.78, 5) is 13.0. The average Bonchev–Trinajstić information content (AvgIpc) is 2.76. The first-order valence-electron chi connectivity index (χ1n) is 5.67. The van der Waals surface area contributed by atoms with Crippen molar-refractivity contribution in [1.29, 1.82) is 0 Å². The van der Waals surface area contributed by atoms with Crippen molar-refractivity contribution in [2.45, 2.75) is 17.1 Å². The van der Waals surface area contributed by atoms with Crippen LogP contribution in [0.1, 0.15) is 6.92 Å². The van der Waals surface area contributed by atoms with Crippen LogP contribution in [0.15, 0.2) is 47.5 Å². The van der Waals surface area contributed by atoms with Crippen LogP contribution in [0.5, 0.6) is 0 Å². The third kappa shape index (κ3) is 3.37. The Morgan fingerprint density at radius 1 is 1.33 bits per heavy atom. The Kier molecular flexibility index (Phi) is 4.04. The van der Waals surface area contributed by atoms with E-state index in [0.717, 1.165) is 4.90 Å². The van der Waals surface area contributed by atoms with Crippen LogP contribution < -0.4 is 5.32 Å². The van der Waals surface area contributed by atoms with Gasteiger partial charge in [0, 0.05) is 24.2 Å². The molecular weight excluding hydrogens is 246 g/mol. The third-order valence-electron chi connectivity index (χ3n) is 2.39. The normalized spacial score (nSPS) is 12.1. The van der Waals surface area contributed by atoms with Gasteiger partial charge in [-0.3, -0.25) is 9.48 Å². The molecule has 0 spiro atoms. The highest BCUT2D eigenvalue weighted by Crippen LogP contribution is 2.23. The van der Waals surface area contributed by atoms with E-state index in [-0.39, 0.29) is 11.2 Å². The number of aryl methyl sites for hydroxylation is 1. The van der Waals surface area contributed by atoms with Gasteiger partial charge in [0.25, 0.3) is 0 Å². The summed E-state index contributed by atoms with van der Waals surface area (Å²) >= 11 is 1.53. The number of nitrogens with zero attached hydrogens (tertiary/aromatic N) is 2. The Hall–Kier alpha value is -1.75. The van der Waals surface area contributed by atoms with E-state index in [9.17, 15) is 4.79 Å². The summed E-state index contributed by atoms with van der Waals surface area (Å²) in [6.45, 7) is 1.88. The molecule has 0 aliphatic rings. The fraction of sp³-hybridized carbons (Fsp3) is 0.231. The molecule has 5 heteroatoms. The molecule has 0 aliphatic heterocycles. The third-order valence-corrected chi connectivity index (χ3v) is 3.50. The first-order chi connectivity index (χ1) is 8.65. The molecule has 0 radical (unpaired) electrons. The topological polar surface area (TPSA) is 46.9 Å². The summed E-state index contributed by atoms with van der Waals surface area (Å²) < 4.78 is 1.66. The smallest absolute Gasteiger partial charge is 0.238 e. The van der Waals surface area contributed by atoms with Crippen LogP contribution >= 0.6 is 11.8 Å². The van der Waals surface area contributed by atoms with Gasteiger partial charge in [-0.2, -0.15) is 5.10 Å². The lowest BCUT2D eigenvalue weighted by Gasteiger charge is -2.10. The molecule has 1 N–H and O–H groups in total. The number of aromatic nitrogens is 2. The molecule has 1 atom stereocenters. The second-order valence-corrected chi connectivity index (χ2v) is 5.35. The number of benzene rings is 1. The number of carbonyl (C=O) groups is 1. The molecular formula is C13H15N3OS. The van der Waals surface area contributed by atoms with Crippen molar-refractivity contribution in [2.24, 2.45) is 7.05 Å². The minimum Gasteiger partial charge on any atom is -0.308 e. The van der Waals surface area contributed by atoms with Crippen LogP contribution in [0, 0.1) is 0 Å². The summed E-state index contributed by atoms with van der Waals surface area (Å²) in [7, 11) is 1.82. The molecule has 1 aromatic heterocycles. The highest BCUT2D eigenvalue weighted by Gasteiger charge is 2.15. The van der Waals surface area contributed by atoms with Crippen molar-refractivity contribution < 1.29 is 4.79 Å². The van der Waals surface area contributed by atoms with Crippen LogP contribution in [-0.4, -0.2) is 20.9 Å². The molecule has 0 aliphatic carbocycles. The van der Waals surface area contributed by atoms with E-state index in [1.165, 1.54) is 11.8 Å². The number of hydrogen-bond acceptors (Lipinski definition) is 3. The van der Waals surface area contributed by atoms with Gasteiger partial charge in [0.05, 0.1) is 5.25 Å². The summed E-state index contributed by atoms with van der Waals surface area (Å²) in [6, 6.07) is 11.7. The van der Waals surface area contributed by atoms with Crippen molar-refractivity contribution in [1.82, 2.24) is 9.78 Å². The second kappa shape index (κ2) is 5.73. The molecule has 0 saturated carbocycles. The lowest BCUT2D eigenvalue weighted by Crippen LogP contribution is -2.22. The van der Waals surface area contributed by atoms with Crippen molar-refractivity contribution in [3.05, 3.63) is 42.6 Å². The van der Waals surface area contributed by atoms with E-state index in [4.69, 9.17) is 0 Å².